The van der Waals surface area contributed by atoms with E-state index >= 15 is 0 Å². The molecule has 0 saturated carbocycles. The minimum atomic E-state index is -2.42. The topological polar surface area (TPSA) is 86.3 Å². The van der Waals surface area contributed by atoms with Crippen LogP contribution in [0.1, 0.15) is 27.7 Å². The monoisotopic (exact) mass is 275 g/mol. The first-order valence-corrected chi connectivity index (χ1v) is 6.36. The van der Waals surface area contributed by atoms with E-state index < -0.39 is 42.0 Å². The van der Waals surface area contributed by atoms with Gasteiger partial charge in [-0.25, -0.2) is 0 Å². The zero-order chi connectivity index (χ0) is 14.1. The molecule has 109 valence electrons. The van der Waals surface area contributed by atoms with Gasteiger partial charge in [0.25, 0.3) is 5.79 Å². The van der Waals surface area contributed by atoms with Crippen molar-refractivity contribution in [3.63, 3.8) is 0 Å². The third-order valence-electron chi connectivity index (χ3n) is 3.52. The molecule has 3 rings (SSSR count). The molecule has 7 nitrogen and oxygen atoms in total. The summed E-state index contributed by atoms with van der Waals surface area (Å²) in [6, 6.07) is 0. The van der Waals surface area contributed by atoms with E-state index in [2.05, 4.69) is 0 Å². The third-order valence-corrected chi connectivity index (χ3v) is 3.52. The summed E-state index contributed by atoms with van der Waals surface area (Å²) in [5.74, 6) is -4.15. The predicted octanol–water partition coefficient (Wildman–Crippen LogP) is 0.133. The van der Waals surface area contributed by atoms with Crippen LogP contribution in [0.3, 0.4) is 0 Å². The molecule has 3 heterocycles. The Morgan fingerprint density at radius 3 is 2.21 bits per heavy atom. The molecule has 7 heteroatoms. The van der Waals surface area contributed by atoms with Crippen LogP contribution in [0.4, 0.5) is 0 Å². The van der Waals surface area contributed by atoms with Crippen LogP contribution in [0.15, 0.2) is 0 Å². The van der Waals surface area contributed by atoms with E-state index in [4.69, 9.17) is 23.7 Å². The summed E-state index contributed by atoms with van der Waals surface area (Å²) in [7, 11) is 0. The van der Waals surface area contributed by atoms with Gasteiger partial charge in [0.05, 0.1) is 6.61 Å². The minimum Gasteiger partial charge on any atom is -0.359 e. The maximum absolute atomic E-state index is 12.4. The second-order valence-corrected chi connectivity index (χ2v) is 6.10. The molecule has 5 atom stereocenters. The van der Waals surface area contributed by atoms with Gasteiger partial charge in [0.2, 0.25) is 0 Å². The van der Waals surface area contributed by atoms with Gasteiger partial charge < -0.3 is 28.8 Å². The van der Waals surface area contributed by atoms with E-state index in [9.17, 15) is 10.2 Å². The maximum atomic E-state index is 12.4. The summed E-state index contributed by atoms with van der Waals surface area (Å²) in [4.78, 5) is 0. The van der Waals surface area contributed by atoms with Gasteiger partial charge in [-0.1, -0.05) is 0 Å². The number of ether oxygens (including phenoxy) is 5. The van der Waals surface area contributed by atoms with Crippen LogP contribution >= 0.6 is 0 Å². The molecule has 0 bridgehead atoms. The molecule has 1 unspecified atom stereocenters. The number of rotatable bonds is 1. The normalized spacial score (nSPS) is 46.4. The number of hydrogen-bond acceptors (Lipinski definition) is 6. The lowest BCUT2D eigenvalue weighted by molar-refractivity contribution is -0.317. The minimum absolute atomic E-state index is 0.186. The molecule has 0 aromatic rings. The fourth-order valence-corrected chi connectivity index (χ4v) is 2.73. The van der Waals surface area contributed by atoms with Crippen molar-refractivity contribution in [3.8, 4) is 0 Å². The first-order valence-electron chi connectivity index (χ1n) is 6.36. The zero-order valence-corrected chi connectivity index (χ0v) is 11.4. The Morgan fingerprint density at radius 1 is 1.00 bits per heavy atom. The van der Waals surface area contributed by atoms with Crippen LogP contribution in [0.5, 0.6) is 0 Å². The standard InChI is InChI=1S/C12H19O7/c1-10(2)15-5-6(17-10)7-12(13,14)8-9(16-7)19-11(3,4)18-8/h6-9,13H,5H2,1-4H3/t6-,7-,8+,9?,12+/m1/s1. The summed E-state index contributed by atoms with van der Waals surface area (Å²) in [5, 5.41) is 22.6. The van der Waals surface area contributed by atoms with Crippen molar-refractivity contribution in [2.45, 2.75) is 69.7 Å². The first kappa shape index (κ1) is 13.7. The Balaban J connectivity index is 1.77. The van der Waals surface area contributed by atoms with Crippen molar-refractivity contribution >= 4 is 0 Å². The van der Waals surface area contributed by atoms with E-state index in [1.54, 1.807) is 27.7 Å². The second-order valence-electron chi connectivity index (χ2n) is 6.10. The summed E-state index contributed by atoms with van der Waals surface area (Å²) < 4.78 is 27.3. The zero-order valence-electron chi connectivity index (χ0n) is 11.4. The van der Waals surface area contributed by atoms with Crippen LogP contribution in [0.2, 0.25) is 0 Å². The molecule has 0 aromatic carbocycles. The molecule has 3 saturated heterocycles. The quantitative estimate of drug-likeness (QED) is 0.685. The summed E-state index contributed by atoms with van der Waals surface area (Å²) >= 11 is 0. The Hall–Kier alpha value is -0.280. The maximum Gasteiger partial charge on any atom is 0.260 e. The first-order chi connectivity index (χ1) is 8.61. The van der Waals surface area contributed by atoms with Crippen LogP contribution in [-0.4, -0.2) is 53.7 Å². The molecule has 3 aliphatic rings. The molecular weight excluding hydrogens is 256 g/mol. The average molecular weight is 275 g/mol. The van der Waals surface area contributed by atoms with Gasteiger partial charge >= 0.3 is 0 Å². The van der Waals surface area contributed by atoms with E-state index in [0.29, 0.717) is 0 Å². The Labute approximate surface area is 111 Å². The Bertz CT molecular complexity index is 378. The van der Waals surface area contributed by atoms with Crippen molar-refractivity contribution in [3.05, 3.63) is 0 Å². The number of aliphatic hydroxyl groups is 1. The molecule has 0 spiro atoms. The second kappa shape index (κ2) is 3.88. The average Bonchev–Trinajstić information content (AvgIpc) is 2.80. The largest absolute Gasteiger partial charge is 0.359 e. The Kier molecular flexibility index (Phi) is 2.80. The lowest BCUT2D eigenvalue weighted by Crippen LogP contribution is -2.53. The molecule has 0 aromatic heterocycles. The van der Waals surface area contributed by atoms with Crippen molar-refractivity contribution in [2.24, 2.45) is 0 Å². The highest BCUT2D eigenvalue weighted by Crippen LogP contribution is 2.44. The van der Waals surface area contributed by atoms with Crippen molar-refractivity contribution in [2.75, 3.05) is 6.61 Å². The lowest BCUT2D eigenvalue weighted by atomic mass is 10.0. The third kappa shape index (κ3) is 2.19. The summed E-state index contributed by atoms with van der Waals surface area (Å²) in [6.07, 6.45) is -3.67. The molecule has 1 N–H and O–H groups in total. The highest BCUT2D eigenvalue weighted by Gasteiger charge is 2.67. The summed E-state index contributed by atoms with van der Waals surface area (Å²) in [6.45, 7) is 6.99. The van der Waals surface area contributed by atoms with E-state index in [1.807, 2.05) is 0 Å². The smallest absolute Gasteiger partial charge is 0.260 e. The summed E-state index contributed by atoms with van der Waals surface area (Å²) in [5.41, 5.74) is 0. The van der Waals surface area contributed by atoms with Crippen molar-refractivity contribution in [1.82, 2.24) is 0 Å². The van der Waals surface area contributed by atoms with Crippen molar-refractivity contribution in [1.29, 1.82) is 0 Å². The van der Waals surface area contributed by atoms with Gasteiger partial charge in [-0.15, -0.1) is 0 Å². The van der Waals surface area contributed by atoms with Gasteiger partial charge in [-0.2, -0.15) is 5.11 Å². The van der Waals surface area contributed by atoms with Crippen molar-refractivity contribution < 1.29 is 33.9 Å². The molecule has 3 aliphatic heterocycles. The van der Waals surface area contributed by atoms with E-state index in [1.165, 1.54) is 0 Å². The van der Waals surface area contributed by atoms with Crippen LogP contribution in [0, 0.1) is 0 Å². The van der Waals surface area contributed by atoms with Gasteiger partial charge in [-0.05, 0) is 27.7 Å². The van der Waals surface area contributed by atoms with Gasteiger partial charge in [0.15, 0.2) is 24.0 Å². The number of fused-ring (bicyclic) bond motifs is 1. The van der Waals surface area contributed by atoms with Crippen LogP contribution < -0.4 is 0 Å². The SMILES string of the molecule is CC1(C)OC[C@H]([C@H]2OC3OC(C)(C)O[C@@H]3[C@]2([O])O)O1. The highest BCUT2D eigenvalue weighted by molar-refractivity contribution is 5.02. The van der Waals surface area contributed by atoms with E-state index in [0.717, 1.165) is 0 Å². The lowest BCUT2D eigenvalue weighted by Gasteiger charge is -2.30. The fraction of sp³-hybridized carbons (Fsp3) is 1.00. The molecule has 0 aliphatic carbocycles. The predicted molar refractivity (Wildman–Crippen MR) is 59.2 cm³/mol. The molecule has 3 fully saturated rings. The van der Waals surface area contributed by atoms with E-state index in [-0.39, 0.29) is 6.61 Å². The number of hydrogen-bond donors (Lipinski definition) is 1. The van der Waals surface area contributed by atoms with Gasteiger partial charge in [0.1, 0.15) is 12.2 Å². The Morgan fingerprint density at radius 2 is 1.68 bits per heavy atom. The van der Waals surface area contributed by atoms with Gasteiger partial charge in [0, 0.05) is 0 Å². The van der Waals surface area contributed by atoms with Gasteiger partial charge in [-0.3, -0.25) is 0 Å². The molecule has 1 radical (unpaired) electrons. The molecular formula is C12H19O7. The molecule has 19 heavy (non-hydrogen) atoms. The molecule has 0 amide bonds. The highest BCUT2D eigenvalue weighted by atomic mass is 16.9. The van der Waals surface area contributed by atoms with Crippen LogP contribution in [0.25, 0.3) is 0 Å². The van der Waals surface area contributed by atoms with Crippen LogP contribution in [-0.2, 0) is 28.8 Å². The fourth-order valence-electron chi connectivity index (χ4n) is 2.73.